The number of nitrogens with zero attached hydrogens (tertiary/aromatic N) is 2. The second kappa shape index (κ2) is 6.82. The Morgan fingerprint density at radius 1 is 1.08 bits per heavy atom. The summed E-state index contributed by atoms with van der Waals surface area (Å²) in [6.45, 7) is 8.76. The van der Waals surface area contributed by atoms with Crippen LogP contribution in [0.5, 0.6) is 0 Å². The van der Waals surface area contributed by atoms with Crippen molar-refractivity contribution in [1.82, 2.24) is 9.21 Å². The summed E-state index contributed by atoms with van der Waals surface area (Å²) in [7, 11) is -3.52. The maximum Gasteiger partial charge on any atom is 0.243 e. The predicted octanol–water partition coefficient (Wildman–Crippen LogP) is 1.38. The van der Waals surface area contributed by atoms with E-state index < -0.39 is 15.6 Å². The van der Waals surface area contributed by atoms with Gasteiger partial charge in [-0.3, -0.25) is 4.79 Å². The first-order valence-electron chi connectivity index (χ1n) is 8.22. The number of hydrogen-bond donors (Lipinski definition) is 1. The summed E-state index contributed by atoms with van der Waals surface area (Å²) in [5, 5.41) is 0. The van der Waals surface area contributed by atoms with E-state index in [1.807, 2.05) is 12.1 Å². The molecule has 1 saturated heterocycles. The van der Waals surface area contributed by atoms with Gasteiger partial charge in [0, 0.05) is 26.2 Å². The van der Waals surface area contributed by atoms with Gasteiger partial charge in [-0.1, -0.05) is 26.0 Å². The molecule has 0 saturated carbocycles. The third-order valence-electron chi connectivity index (χ3n) is 4.26. The van der Waals surface area contributed by atoms with Gasteiger partial charge >= 0.3 is 0 Å². The number of sulfonamides is 1. The minimum absolute atomic E-state index is 0.152. The van der Waals surface area contributed by atoms with Gasteiger partial charge in [-0.05, 0) is 37.5 Å². The van der Waals surface area contributed by atoms with Crippen LogP contribution >= 0.6 is 0 Å². The Morgan fingerprint density at radius 3 is 2.00 bits per heavy atom. The number of rotatable bonds is 4. The molecular weight excluding hydrogens is 326 g/mol. The number of piperazine rings is 1. The van der Waals surface area contributed by atoms with Crippen LogP contribution in [0, 0.1) is 0 Å². The fourth-order valence-corrected chi connectivity index (χ4v) is 4.14. The predicted molar refractivity (Wildman–Crippen MR) is 94.1 cm³/mol. The summed E-state index contributed by atoms with van der Waals surface area (Å²) >= 11 is 0. The SMILES string of the molecule is CC(C)c1ccc(S(=O)(=O)N2CCN(C(=O)C(C)(C)N)CC2)cc1. The Labute approximate surface area is 144 Å². The van der Waals surface area contributed by atoms with Crippen LogP contribution in [-0.2, 0) is 14.8 Å². The topological polar surface area (TPSA) is 83.7 Å². The third kappa shape index (κ3) is 3.96. The summed E-state index contributed by atoms with van der Waals surface area (Å²) in [5.41, 5.74) is 6.01. The minimum atomic E-state index is -3.52. The van der Waals surface area contributed by atoms with Gasteiger partial charge in [0.25, 0.3) is 0 Å². The average molecular weight is 353 g/mol. The van der Waals surface area contributed by atoms with E-state index in [-0.39, 0.29) is 19.0 Å². The molecule has 2 N–H and O–H groups in total. The number of carbonyl (C=O) groups is 1. The molecule has 1 aliphatic heterocycles. The maximum atomic E-state index is 12.7. The van der Waals surface area contributed by atoms with Crippen molar-refractivity contribution in [3.8, 4) is 0 Å². The van der Waals surface area contributed by atoms with Crippen molar-refractivity contribution in [1.29, 1.82) is 0 Å². The lowest BCUT2D eigenvalue weighted by molar-refractivity contribution is -0.137. The zero-order valence-electron chi connectivity index (χ0n) is 14.8. The van der Waals surface area contributed by atoms with Gasteiger partial charge in [-0.2, -0.15) is 4.31 Å². The smallest absolute Gasteiger partial charge is 0.243 e. The van der Waals surface area contributed by atoms with E-state index in [0.717, 1.165) is 5.56 Å². The van der Waals surface area contributed by atoms with E-state index in [1.165, 1.54) is 4.31 Å². The molecule has 0 radical (unpaired) electrons. The van der Waals surface area contributed by atoms with Gasteiger partial charge in [-0.25, -0.2) is 8.42 Å². The fourth-order valence-electron chi connectivity index (χ4n) is 2.71. The molecule has 134 valence electrons. The molecule has 1 aromatic rings. The summed E-state index contributed by atoms with van der Waals surface area (Å²) in [6, 6.07) is 7.03. The van der Waals surface area contributed by atoms with Crippen molar-refractivity contribution in [2.45, 2.75) is 44.0 Å². The largest absolute Gasteiger partial charge is 0.338 e. The number of nitrogens with two attached hydrogens (primary N) is 1. The van der Waals surface area contributed by atoms with Crippen LogP contribution in [-0.4, -0.2) is 55.2 Å². The third-order valence-corrected chi connectivity index (χ3v) is 6.17. The van der Waals surface area contributed by atoms with E-state index in [9.17, 15) is 13.2 Å². The molecule has 0 aliphatic carbocycles. The lowest BCUT2D eigenvalue weighted by Gasteiger charge is -2.36. The first kappa shape index (κ1) is 18.9. The van der Waals surface area contributed by atoms with Crippen LogP contribution in [0.2, 0.25) is 0 Å². The fraction of sp³-hybridized carbons (Fsp3) is 0.588. The van der Waals surface area contributed by atoms with Gasteiger partial charge < -0.3 is 10.6 Å². The highest BCUT2D eigenvalue weighted by molar-refractivity contribution is 7.89. The van der Waals surface area contributed by atoms with Crippen molar-refractivity contribution in [2.24, 2.45) is 5.73 Å². The Bertz CT molecular complexity index is 683. The summed E-state index contributed by atoms with van der Waals surface area (Å²) in [5.74, 6) is 0.205. The molecule has 1 amide bonds. The number of hydrogen-bond acceptors (Lipinski definition) is 4. The molecule has 1 heterocycles. The molecule has 0 unspecified atom stereocenters. The van der Waals surface area contributed by atoms with E-state index in [2.05, 4.69) is 13.8 Å². The molecule has 0 aromatic heterocycles. The summed E-state index contributed by atoms with van der Waals surface area (Å²) in [4.78, 5) is 14.1. The second-order valence-electron chi connectivity index (χ2n) is 7.14. The van der Waals surface area contributed by atoms with Gasteiger partial charge in [0.05, 0.1) is 10.4 Å². The Kier molecular flexibility index (Phi) is 5.37. The summed E-state index contributed by atoms with van der Waals surface area (Å²) < 4.78 is 26.9. The molecule has 0 spiro atoms. The average Bonchev–Trinajstić information content (AvgIpc) is 2.53. The van der Waals surface area contributed by atoms with E-state index in [0.29, 0.717) is 23.9 Å². The van der Waals surface area contributed by atoms with Crippen molar-refractivity contribution in [3.05, 3.63) is 29.8 Å². The van der Waals surface area contributed by atoms with E-state index >= 15 is 0 Å². The van der Waals surface area contributed by atoms with E-state index in [1.54, 1.807) is 30.9 Å². The zero-order valence-corrected chi connectivity index (χ0v) is 15.6. The van der Waals surface area contributed by atoms with Gasteiger partial charge in [0.1, 0.15) is 0 Å². The van der Waals surface area contributed by atoms with E-state index in [4.69, 9.17) is 5.73 Å². The van der Waals surface area contributed by atoms with Gasteiger partial charge in [0.15, 0.2) is 0 Å². The van der Waals surface area contributed by atoms with Crippen LogP contribution in [0.15, 0.2) is 29.2 Å². The second-order valence-corrected chi connectivity index (χ2v) is 9.08. The van der Waals surface area contributed by atoms with Crippen LogP contribution in [0.3, 0.4) is 0 Å². The van der Waals surface area contributed by atoms with Crippen molar-refractivity contribution < 1.29 is 13.2 Å². The Morgan fingerprint density at radius 2 is 1.58 bits per heavy atom. The highest BCUT2D eigenvalue weighted by Gasteiger charge is 2.34. The van der Waals surface area contributed by atoms with Crippen LogP contribution in [0.25, 0.3) is 0 Å². The zero-order chi connectivity index (χ0) is 18.1. The molecule has 1 fully saturated rings. The minimum Gasteiger partial charge on any atom is -0.338 e. The lowest BCUT2D eigenvalue weighted by Crippen LogP contribution is -2.57. The van der Waals surface area contributed by atoms with Crippen LogP contribution < -0.4 is 5.73 Å². The molecule has 0 atom stereocenters. The number of amides is 1. The Hall–Kier alpha value is -1.44. The lowest BCUT2D eigenvalue weighted by atomic mass is 10.0. The highest BCUT2D eigenvalue weighted by atomic mass is 32.2. The normalized spacial score (nSPS) is 17.3. The Balaban J connectivity index is 2.08. The maximum absolute atomic E-state index is 12.7. The van der Waals surface area contributed by atoms with Gasteiger partial charge in [0.2, 0.25) is 15.9 Å². The van der Waals surface area contributed by atoms with Crippen molar-refractivity contribution in [2.75, 3.05) is 26.2 Å². The van der Waals surface area contributed by atoms with Crippen LogP contribution in [0.4, 0.5) is 0 Å². The summed E-state index contributed by atoms with van der Waals surface area (Å²) in [6.07, 6.45) is 0. The first-order valence-corrected chi connectivity index (χ1v) is 9.66. The molecule has 7 heteroatoms. The van der Waals surface area contributed by atoms with Crippen molar-refractivity contribution >= 4 is 15.9 Å². The number of benzene rings is 1. The monoisotopic (exact) mass is 353 g/mol. The standard InChI is InChI=1S/C17H27N3O3S/c1-13(2)14-5-7-15(8-6-14)24(22,23)20-11-9-19(10-12-20)16(21)17(3,4)18/h5-8,13H,9-12,18H2,1-4H3. The van der Waals surface area contributed by atoms with Crippen LogP contribution in [0.1, 0.15) is 39.2 Å². The molecule has 24 heavy (non-hydrogen) atoms. The van der Waals surface area contributed by atoms with Gasteiger partial charge in [-0.15, -0.1) is 0 Å². The first-order chi connectivity index (χ1) is 11.0. The molecule has 0 bridgehead atoms. The molecule has 1 aromatic carbocycles. The van der Waals surface area contributed by atoms with Crippen molar-refractivity contribution in [3.63, 3.8) is 0 Å². The number of carbonyl (C=O) groups excluding carboxylic acids is 1. The molecular formula is C17H27N3O3S. The quantitative estimate of drug-likeness (QED) is 0.886. The molecule has 6 nitrogen and oxygen atoms in total. The highest BCUT2D eigenvalue weighted by Crippen LogP contribution is 2.21. The molecule has 2 rings (SSSR count). The molecule has 1 aliphatic rings.